The van der Waals surface area contributed by atoms with E-state index >= 15 is 13.2 Å². The van der Waals surface area contributed by atoms with E-state index in [0.717, 1.165) is 30.0 Å². The Hall–Kier alpha value is -3.48. The molecule has 18 heteroatoms. The molecule has 5 rings (SSSR count). The summed E-state index contributed by atoms with van der Waals surface area (Å²) in [6.07, 6.45) is 3.96. The van der Waals surface area contributed by atoms with Gasteiger partial charge in [-0.1, -0.05) is 37.5 Å². The lowest BCUT2D eigenvalue weighted by Crippen LogP contribution is -2.40. The molecular weight excluding hydrogens is 738 g/mol. The number of nitrogens with zero attached hydrogens (tertiary/aromatic N) is 4. The van der Waals surface area contributed by atoms with Gasteiger partial charge in [0.25, 0.3) is 21.6 Å². The van der Waals surface area contributed by atoms with E-state index in [-0.39, 0.29) is 79.1 Å². The second-order valence-electron chi connectivity index (χ2n) is 13.6. The molecule has 2 aromatic heterocycles. The van der Waals surface area contributed by atoms with Crippen LogP contribution in [0.3, 0.4) is 0 Å². The Morgan fingerprint density at radius 3 is 2.42 bits per heavy atom. The molecule has 13 nitrogen and oxygen atoms in total. The number of anilines is 2. The van der Waals surface area contributed by atoms with Crippen molar-refractivity contribution in [3.8, 4) is 5.88 Å². The molecule has 1 unspecified atom stereocenters. The van der Waals surface area contributed by atoms with Crippen molar-refractivity contribution in [2.45, 2.75) is 70.8 Å². The molecule has 294 valence electrons. The quantitative estimate of drug-likeness (QED) is 0.144. The van der Waals surface area contributed by atoms with Crippen LogP contribution in [0.5, 0.6) is 5.88 Å². The van der Waals surface area contributed by atoms with E-state index in [1.54, 1.807) is 17.9 Å². The number of unbranched alkanes of at least 4 members (excludes halogenated alkanes) is 4. The number of fused-ring (bicyclic) bond motifs is 1. The highest BCUT2D eigenvalue weighted by atomic mass is 32.2. The molecule has 2 N–H and O–H groups in total. The summed E-state index contributed by atoms with van der Waals surface area (Å²) in [4.78, 5) is 20.0. The first-order valence-corrected chi connectivity index (χ1v) is 21.5. The van der Waals surface area contributed by atoms with E-state index in [0.29, 0.717) is 37.1 Å². The Kier molecular flexibility index (Phi) is 13.3. The van der Waals surface area contributed by atoms with Gasteiger partial charge in [0, 0.05) is 37.0 Å². The molecule has 0 amide bonds. The molecular formula is C35H49F3N6O7S2. The monoisotopic (exact) mass is 786 g/mol. The summed E-state index contributed by atoms with van der Waals surface area (Å²) >= 11 is 0. The van der Waals surface area contributed by atoms with Gasteiger partial charge in [-0.3, -0.25) is 8.98 Å². The number of ether oxygens (including phenoxy) is 1. The minimum absolute atomic E-state index is 0.00505. The summed E-state index contributed by atoms with van der Waals surface area (Å²) in [6, 6.07) is 4.73. The van der Waals surface area contributed by atoms with Gasteiger partial charge in [-0.05, 0) is 58.7 Å². The predicted molar refractivity (Wildman–Crippen MR) is 198 cm³/mol. The second kappa shape index (κ2) is 17.3. The minimum Gasteiger partial charge on any atom is -0.477 e. The number of pyridine rings is 1. The lowest BCUT2D eigenvalue weighted by atomic mass is 9.86. The first-order chi connectivity index (χ1) is 25.1. The highest BCUT2D eigenvalue weighted by Gasteiger charge is 2.44. The van der Waals surface area contributed by atoms with E-state index in [4.69, 9.17) is 8.92 Å². The molecule has 4 heterocycles. The number of aromatic nitrogens is 3. The zero-order valence-electron chi connectivity index (χ0n) is 30.4. The molecule has 2 aliphatic heterocycles. The maximum atomic E-state index is 16.0. The molecule has 0 aliphatic carbocycles. The molecule has 3 aromatic rings. The molecule has 2 aliphatic rings. The van der Waals surface area contributed by atoms with Crippen LogP contribution in [0.1, 0.15) is 76.0 Å². The van der Waals surface area contributed by atoms with E-state index in [9.17, 15) is 21.6 Å². The number of nitrogens with one attached hydrogen (secondary N) is 2. The van der Waals surface area contributed by atoms with Crippen LogP contribution in [0.15, 0.2) is 29.1 Å². The van der Waals surface area contributed by atoms with Gasteiger partial charge in [0.05, 0.1) is 42.1 Å². The Labute approximate surface area is 308 Å². The first-order valence-electron chi connectivity index (χ1n) is 18.1. The van der Waals surface area contributed by atoms with Crippen molar-refractivity contribution in [3.63, 3.8) is 0 Å². The summed E-state index contributed by atoms with van der Waals surface area (Å²) in [7, 11) is -5.24. The third kappa shape index (κ3) is 9.99. The van der Waals surface area contributed by atoms with E-state index in [2.05, 4.69) is 20.7 Å². The van der Waals surface area contributed by atoms with Crippen LogP contribution in [0, 0.1) is 11.7 Å². The van der Waals surface area contributed by atoms with Gasteiger partial charge in [-0.2, -0.15) is 18.5 Å². The van der Waals surface area contributed by atoms with Crippen molar-refractivity contribution in [2.75, 3.05) is 66.9 Å². The van der Waals surface area contributed by atoms with Crippen LogP contribution >= 0.6 is 0 Å². The smallest absolute Gasteiger partial charge is 0.280 e. The summed E-state index contributed by atoms with van der Waals surface area (Å²) in [6.45, 7) is 4.68. The average molecular weight is 787 g/mol. The maximum absolute atomic E-state index is 16.0. The molecule has 1 aromatic carbocycles. The largest absolute Gasteiger partial charge is 0.477 e. The zero-order chi connectivity index (χ0) is 38.4. The van der Waals surface area contributed by atoms with Crippen molar-refractivity contribution < 1.29 is 38.9 Å². The van der Waals surface area contributed by atoms with Crippen LogP contribution in [0.25, 0.3) is 10.8 Å². The molecule has 1 atom stereocenters. The van der Waals surface area contributed by atoms with Crippen molar-refractivity contribution in [1.82, 2.24) is 20.1 Å². The van der Waals surface area contributed by atoms with Crippen LogP contribution in [0.2, 0.25) is 0 Å². The van der Waals surface area contributed by atoms with E-state index < -0.39 is 54.8 Å². The van der Waals surface area contributed by atoms with Crippen LogP contribution in [0.4, 0.5) is 24.8 Å². The van der Waals surface area contributed by atoms with E-state index in [1.165, 1.54) is 26.1 Å². The van der Waals surface area contributed by atoms with Crippen molar-refractivity contribution >= 4 is 42.4 Å². The van der Waals surface area contributed by atoms with Crippen molar-refractivity contribution in [3.05, 3.63) is 51.6 Å². The second-order valence-corrected chi connectivity index (χ2v) is 17.9. The molecule has 0 bridgehead atoms. The van der Waals surface area contributed by atoms with Gasteiger partial charge in [0.1, 0.15) is 17.0 Å². The van der Waals surface area contributed by atoms with Crippen LogP contribution < -0.4 is 25.8 Å². The van der Waals surface area contributed by atoms with Crippen molar-refractivity contribution in [2.24, 2.45) is 13.0 Å². The number of alkyl halides is 2. The highest BCUT2D eigenvalue weighted by molar-refractivity contribution is 7.91. The van der Waals surface area contributed by atoms with Gasteiger partial charge < -0.3 is 20.3 Å². The number of hydrogen-bond donors (Lipinski definition) is 2. The fraction of sp³-hybridized carbons (Fsp3) is 0.629. The lowest BCUT2D eigenvalue weighted by Gasteiger charge is -2.31. The average Bonchev–Trinajstić information content (AvgIpc) is 3.13. The number of piperidine rings is 1. The van der Waals surface area contributed by atoms with Gasteiger partial charge in [-0.15, -0.1) is 0 Å². The molecule has 2 saturated heterocycles. The van der Waals surface area contributed by atoms with Crippen molar-refractivity contribution in [1.29, 1.82) is 0 Å². The molecule has 0 radical (unpaired) electrons. The molecule has 0 spiro atoms. The molecule has 53 heavy (non-hydrogen) atoms. The van der Waals surface area contributed by atoms with Gasteiger partial charge in [0.2, 0.25) is 5.88 Å². The van der Waals surface area contributed by atoms with Gasteiger partial charge >= 0.3 is 0 Å². The number of hydrogen-bond acceptors (Lipinski definition) is 12. The summed E-state index contributed by atoms with van der Waals surface area (Å²) in [5.41, 5.74) is -1.16. The Morgan fingerprint density at radius 1 is 1.08 bits per heavy atom. The zero-order valence-corrected chi connectivity index (χ0v) is 32.0. The fourth-order valence-electron chi connectivity index (χ4n) is 6.63. The highest BCUT2D eigenvalue weighted by Crippen LogP contribution is 2.43. The summed E-state index contributed by atoms with van der Waals surface area (Å²) in [5.74, 6) is -5.05. The number of benzene rings is 1. The fourth-order valence-corrected chi connectivity index (χ4v) is 8.37. The Morgan fingerprint density at radius 2 is 1.74 bits per heavy atom. The number of sulfone groups is 1. The maximum Gasteiger partial charge on any atom is 0.280 e. The van der Waals surface area contributed by atoms with Gasteiger partial charge in [0.15, 0.2) is 15.7 Å². The Balaban J connectivity index is 1.40. The Bertz CT molecular complexity index is 2010. The number of rotatable bonds is 17. The van der Waals surface area contributed by atoms with Gasteiger partial charge in [-0.25, -0.2) is 26.3 Å². The summed E-state index contributed by atoms with van der Waals surface area (Å²) < 4.78 is 107. The number of aryl methyl sites for hydroxylation is 1. The standard InChI is InChI=1S/C35H49F3N6O7S2/c1-4-53(48,49)51-20-9-7-5-6-8-19-50-33-30-27(23-29(41-33)44-17-21-52(46,47)22-18-44)32(42-43(3)34(30)45)40-24(2)26-11-10-12-28(31(26)36)35(37,38)25-13-15-39-16-14-25/h10-12,23-25,39H,4-9,13-22H2,1-3H3,(H,40,42). The number of halogens is 3. The first kappa shape index (κ1) is 40.7. The molecule has 2 fully saturated rings. The van der Waals surface area contributed by atoms with Crippen LogP contribution in [-0.4, -0.2) is 88.3 Å². The third-order valence-electron chi connectivity index (χ3n) is 9.86. The normalized spacial score (nSPS) is 17.6. The lowest BCUT2D eigenvalue weighted by molar-refractivity contribution is -0.0781. The molecule has 0 saturated carbocycles. The predicted octanol–water partition coefficient (Wildman–Crippen LogP) is 4.66. The summed E-state index contributed by atoms with van der Waals surface area (Å²) in [5, 5.41) is 11.0. The topological polar surface area (TPSA) is 162 Å². The minimum atomic E-state index is -3.47. The SMILES string of the molecule is CCS(=O)(=O)OCCCCCCCOc1nc(N2CCS(=O)(=O)CC2)cc2c(NC(C)c3cccc(C(F)(F)C4CCNCC4)c3F)nn(C)c(=O)c12. The third-order valence-corrected chi connectivity index (χ3v) is 12.7. The van der Waals surface area contributed by atoms with Crippen LogP contribution in [-0.2, 0) is 37.1 Å². The van der Waals surface area contributed by atoms with E-state index in [1.807, 2.05) is 0 Å².